The molecule has 0 radical (unpaired) electrons. The Morgan fingerprint density at radius 1 is 1.20 bits per heavy atom. The van der Waals surface area contributed by atoms with E-state index in [1.165, 1.54) is 24.0 Å². The summed E-state index contributed by atoms with van der Waals surface area (Å²) in [7, 11) is 0. The van der Waals surface area contributed by atoms with Gasteiger partial charge in [-0.15, -0.1) is 0 Å². The van der Waals surface area contributed by atoms with Crippen molar-refractivity contribution in [3.8, 4) is 0 Å². The van der Waals surface area contributed by atoms with Gasteiger partial charge in [-0.3, -0.25) is 0 Å². The van der Waals surface area contributed by atoms with Crippen molar-refractivity contribution in [3.63, 3.8) is 0 Å². The van der Waals surface area contributed by atoms with Gasteiger partial charge in [0.15, 0.2) is 0 Å². The van der Waals surface area contributed by atoms with Gasteiger partial charge < -0.3 is 4.74 Å². The fourth-order valence-electron chi connectivity index (χ4n) is 2.04. The van der Waals surface area contributed by atoms with E-state index in [1.807, 2.05) is 18.2 Å². The van der Waals surface area contributed by atoms with E-state index < -0.39 is 0 Å². The third-order valence-corrected chi connectivity index (χ3v) is 3.43. The quantitative estimate of drug-likeness (QED) is 0.426. The molecule has 20 heavy (non-hydrogen) atoms. The summed E-state index contributed by atoms with van der Waals surface area (Å²) in [6.45, 7) is 12.1. The lowest BCUT2D eigenvalue weighted by atomic mass is 10.0. The van der Waals surface area contributed by atoms with Gasteiger partial charge in [-0.2, -0.15) is 0 Å². The topological polar surface area (TPSA) is 9.23 Å². The maximum atomic E-state index is 5.73. The molecule has 0 unspecified atom stereocenters. The van der Waals surface area contributed by atoms with Crippen molar-refractivity contribution in [2.75, 3.05) is 13.2 Å². The Morgan fingerprint density at radius 3 is 2.55 bits per heavy atom. The lowest BCUT2D eigenvalue weighted by molar-refractivity contribution is 0.151. The summed E-state index contributed by atoms with van der Waals surface area (Å²) in [4.78, 5) is 0. The van der Waals surface area contributed by atoms with Crippen LogP contribution in [0.1, 0.15) is 45.6 Å². The smallest absolute Gasteiger partial charge is 0.0716 e. The lowest BCUT2D eigenvalue weighted by Gasteiger charge is -2.11. The molecular formula is C19H28O. The van der Waals surface area contributed by atoms with E-state index in [1.54, 1.807) is 0 Å². The van der Waals surface area contributed by atoms with E-state index in [4.69, 9.17) is 4.74 Å². The standard InChI is InChI=1S/C19H28O/c1-16(2)9-8-10-17(3)13-14-20-15-18(4)19-11-6-5-7-12-19/h5-7,9,11-12,17H,4,8,10,13-15H2,1-3H3/t17-/m0/s1. The zero-order valence-corrected chi connectivity index (χ0v) is 13.2. The average molecular weight is 272 g/mol. The first-order valence-corrected chi connectivity index (χ1v) is 7.54. The second-order valence-electron chi connectivity index (χ2n) is 5.77. The van der Waals surface area contributed by atoms with Gasteiger partial charge in [-0.25, -0.2) is 0 Å². The number of benzene rings is 1. The minimum atomic E-state index is 0.630. The number of rotatable bonds is 9. The van der Waals surface area contributed by atoms with Crippen molar-refractivity contribution >= 4 is 5.57 Å². The largest absolute Gasteiger partial charge is 0.377 e. The van der Waals surface area contributed by atoms with Crippen molar-refractivity contribution in [2.45, 2.75) is 40.0 Å². The normalized spacial score (nSPS) is 11.9. The van der Waals surface area contributed by atoms with Crippen molar-refractivity contribution in [1.29, 1.82) is 0 Å². The fraction of sp³-hybridized carbons (Fsp3) is 0.474. The zero-order valence-electron chi connectivity index (χ0n) is 13.2. The van der Waals surface area contributed by atoms with Gasteiger partial charge in [0.2, 0.25) is 0 Å². The molecule has 1 aromatic rings. The van der Waals surface area contributed by atoms with Crippen LogP contribution in [0.25, 0.3) is 5.57 Å². The maximum absolute atomic E-state index is 5.73. The monoisotopic (exact) mass is 272 g/mol. The Bertz CT molecular complexity index is 413. The molecule has 0 heterocycles. The van der Waals surface area contributed by atoms with Crippen LogP contribution in [0.4, 0.5) is 0 Å². The molecule has 0 aliphatic carbocycles. The summed E-state index contributed by atoms with van der Waals surface area (Å²) in [5, 5.41) is 0. The van der Waals surface area contributed by atoms with Gasteiger partial charge in [0, 0.05) is 6.61 Å². The molecular weight excluding hydrogens is 244 g/mol. The van der Waals surface area contributed by atoms with Gasteiger partial charge in [-0.1, -0.05) is 55.5 Å². The van der Waals surface area contributed by atoms with Gasteiger partial charge in [-0.05, 0) is 50.2 Å². The van der Waals surface area contributed by atoms with Gasteiger partial charge in [0.1, 0.15) is 0 Å². The molecule has 0 saturated heterocycles. The Hall–Kier alpha value is -1.34. The summed E-state index contributed by atoms with van der Waals surface area (Å²) in [6, 6.07) is 10.2. The minimum Gasteiger partial charge on any atom is -0.377 e. The molecule has 0 spiro atoms. The molecule has 1 rings (SSSR count). The predicted octanol–water partition coefficient (Wildman–Crippen LogP) is 5.49. The highest BCUT2D eigenvalue weighted by atomic mass is 16.5. The summed E-state index contributed by atoms with van der Waals surface area (Å²) < 4.78 is 5.73. The fourth-order valence-corrected chi connectivity index (χ4v) is 2.04. The van der Waals surface area contributed by atoms with E-state index in [-0.39, 0.29) is 0 Å². The Balaban J connectivity index is 2.12. The van der Waals surface area contributed by atoms with Crippen LogP contribution in [0.15, 0.2) is 48.6 Å². The minimum absolute atomic E-state index is 0.630. The van der Waals surface area contributed by atoms with Crippen molar-refractivity contribution in [3.05, 3.63) is 54.1 Å². The van der Waals surface area contributed by atoms with Gasteiger partial charge >= 0.3 is 0 Å². The number of ether oxygens (including phenoxy) is 1. The molecule has 0 aliphatic rings. The lowest BCUT2D eigenvalue weighted by Crippen LogP contribution is -2.04. The molecule has 1 aromatic carbocycles. The second kappa shape index (κ2) is 9.55. The molecule has 0 N–H and O–H groups in total. The first kappa shape index (κ1) is 16.7. The highest BCUT2D eigenvalue weighted by molar-refractivity contribution is 5.63. The van der Waals surface area contributed by atoms with Gasteiger partial charge in [0.25, 0.3) is 0 Å². The molecule has 0 aliphatic heterocycles. The van der Waals surface area contributed by atoms with E-state index in [2.05, 4.69) is 45.6 Å². The zero-order chi connectivity index (χ0) is 14.8. The SMILES string of the molecule is C=C(COCC[C@@H](C)CCC=C(C)C)c1ccccc1. The molecule has 1 heteroatoms. The van der Waals surface area contributed by atoms with Crippen LogP contribution < -0.4 is 0 Å². The number of hydrogen-bond donors (Lipinski definition) is 0. The number of allylic oxidation sites excluding steroid dienone is 2. The van der Waals surface area contributed by atoms with Gasteiger partial charge in [0.05, 0.1) is 6.61 Å². The van der Waals surface area contributed by atoms with E-state index in [0.717, 1.165) is 24.5 Å². The third-order valence-electron chi connectivity index (χ3n) is 3.43. The average Bonchev–Trinajstić information content (AvgIpc) is 2.44. The van der Waals surface area contributed by atoms with Crippen molar-refractivity contribution < 1.29 is 4.74 Å². The predicted molar refractivity (Wildman–Crippen MR) is 88.7 cm³/mol. The Labute approximate surface area is 124 Å². The highest BCUT2D eigenvalue weighted by Gasteiger charge is 2.02. The molecule has 1 nitrogen and oxygen atoms in total. The maximum Gasteiger partial charge on any atom is 0.0716 e. The summed E-state index contributed by atoms with van der Waals surface area (Å²) in [6.07, 6.45) is 5.86. The first-order chi connectivity index (χ1) is 9.59. The highest BCUT2D eigenvalue weighted by Crippen LogP contribution is 2.14. The first-order valence-electron chi connectivity index (χ1n) is 7.54. The number of hydrogen-bond acceptors (Lipinski definition) is 1. The van der Waals surface area contributed by atoms with Crippen LogP contribution in [-0.4, -0.2) is 13.2 Å². The Morgan fingerprint density at radius 2 is 1.90 bits per heavy atom. The molecule has 0 bridgehead atoms. The van der Waals surface area contributed by atoms with Crippen molar-refractivity contribution in [1.82, 2.24) is 0 Å². The van der Waals surface area contributed by atoms with Crippen LogP contribution in [-0.2, 0) is 4.74 Å². The van der Waals surface area contributed by atoms with E-state index in [9.17, 15) is 0 Å². The van der Waals surface area contributed by atoms with Crippen LogP contribution in [0.2, 0.25) is 0 Å². The molecule has 0 saturated carbocycles. The van der Waals surface area contributed by atoms with Crippen LogP contribution >= 0.6 is 0 Å². The summed E-state index contributed by atoms with van der Waals surface area (Å²) in [5.41, 5.74) is 3.64. The Kier molecular flexibility index (Phi) is 7.98. The molecule has 0 amide bonds. The summed E-state index contributed by atoms with van der Waals surface area (Å²) >= 11 is 0. The summed E-state index contributed by atoms with van der Waals surface area (Å²) in [5.74, 6) is 0.718. The van der Waals surface area contributed by atoms with Crippen molar-refractivity contribution in [2.24, 2.45) is 5.92 Å². The van der Waals surface area contributed by atoms with E-state index in [0.29, 0.717) is 6.61 Å². The molecule has 1 atom stereocenters. The third kappa shape index (κ3) is 7.30. The second-order valence-corrected chi connectivity index (χ2v) is 5.77. The molecule has 110 valence electrons. The van der Waals surface area contributed by atoms with Crippen LogP contribution in [0.5, 0.6) is 0 Å². The molecule has 0 aromatic heterocycles. The molecule has 0 fully saturated rings. The van der Waals surface area contributed by atoms with Crippen LogP contribution in [0.3, 0.4) is 0 Å². The van der Waals surface area contributed by atoms with E-state index >= 15 is 0 Å². The van der Waals surface area contributed by atoms with Crippen LogP contribution in [0, 0.1) is 5.92 Å².